The van der Waals surface area contributed by atoms with Crippen LogP contribution in [0.1, 0.15) is 51.9 Å². The van der Waals surface area contributed by atoms with Crippen LogP contribution >= 0.6 is 0 Å². The van der Waals surface area contributed by atoms with Crippen molar-refractivity contribution in [2.75, 3.05) is 31.6 Å². The van der Waals surface area contributed by atoms with Gasteiger partial charge in [0.05, 0.1) is 13.2 Å². The van der Waals surface area contributed by atoms with E-state index >= 15 is 0 Å². The molecule has 3 rings (SSSR count). The van der Waals surface area contributed by atoms with Gasteiger partial charge in [0.1, 0.15) is 11.4 Å². The Labute approximate surface area is 159 Å². The Kier molecular flexibility index (Phi) is 5.86. The molecule has 0 radical (unpaired) electrons. The van der Waals surface area contributed by atoms with Gasteiger partial charge in [-0.2, -0.15) is 0 Å². The number of benzene rings is 1. The number of pyridine rings is 1. The number of nitrogens with one attached hydrogen (secondary N) is 1. The number of hydrogen-bond acceptors (Lipinski definition) is 4. The van der Waals surface area contributed by atoms with Gasteiger partial charge in [-0.05, 0) is 36.1 Å². The standard InChI is InChI=1S/C21H25N3O3/c1-14(2)16-7-4-6-15(3)19(16)23-20(25)17-8-5-9-18(22-17)21(26)24-10-12-27-13-11-24/h4-9,14H,10-13H2,1-3H3,(H,23,25). The number of aryl methyl sites for hydroxylation is 1. The summed E-state index contributed by atoms with van der Waals surface area (Å²) in [5.41, 5.74) is 3.38. The summed E-state index contributed by atoms with van der Waals surface area (Å²) in [6.07, 6.45) is 0. The number of rotatable bonds is 4. The molecule has 0 bridgehead atoms. The number of para-hydroxylation sites is 1. The van der Waals surface area contributed by atoms with Crippen LogP contribution in [0, 0.1) is 6.92 Å². The second kappa shape index (κ2) is 8.31. The van der Waals surface area contributed by atoms with E-state index in [2.05, 4.69) is 24.1 Å². The number of carbonyl (C=O) groups is 2. The minimum absolute atomic E-state index is 0.174. The first kappa shape index (κ1) is 19.0. The van der Waals surface area contributed by atoms with E-state index in [-0.39, 0.29) is 29.1 Å². The zero-order valence-electron chi connectivity index (χ0n) is 16.0. The predicted molar refractivity (Wildman–Crippen MR) is 104 cm³/mol. The molecule has 2 amide bonds. The highest BCUT2D eigenvalue weighted by Crippen LogP contribution is 2.27. The van der Waals surface area contributed by atoms with Gasteiger partial charge in [-0.25, -0.2) is 4.98 Å². The smallest absolute Gasteiger partial charge is 0.274 e. The lowest BCUT2D eigenvalue weighted by molar-refractivity contribution is 0.0299. The lowest BCUT2D eigenvalue weighted by Crippen LogP contribution is -2.41. The molecular formula is C21H25N3O3. The van der Waals surface area contributed by atoms with Crippen molar-refractivity contribution >= 4 is 17.5 Å². The van der Waals surface area contributed by atoms with Gasteiger partial charge in [-0.15, -0.1) is 0 Å². The van der Waals surface area contributed by atoms with Gasteiger partial charge in [0.15, 0.2) is 0 Å². The quantitative estimate of drug-likeness (QED) is 0.900. The van der Waals surface area contributed by atoms with Crippen LogP contribution in [-0.2, 0) is 4.74 Å². The lowest BCUT2D eigenvalue weighted by Gasteiger charge is -2.26. The highest BCUT2D eigenvalue weighted by Gasteiger charge is 2.21. The van der Waals surface area contributed by atoms with Crippen LogP contribution < -0.4 is 5.32 Å². The molecule has 142 valence electrons. The molecule has 0 spiro atoms. The fourth-order valence-electron chi connectivity index (χ4n) is 3.13. The Morgan fingerprint density at radius 2 is 1.74 bits per heavy atom. The van der Waals surface area contributed by atoms with Crippen molar-refractivity contribution in [1.29, 1.82) is 0 Å². The molecule has 1 saturated heterocycles. The highest BCUT2D eigenvalue weighted by molar-refractivity contribution is 6.04. The topological polar surface area (TPSA) is 71.5 Å². The number of anilines is 1. The number of carbonyl (C=O) groups excluding carboxylic acids is 2. The van der Waals surface area contributed by atoms with Gasteiger partial charge in [0, 0.05) is 18.8 Å². The first-order valence-electron chi connectivity index (χ1n) is 9.22. The molecule has 6 nitrogen and oxygen atoms in total. The summed E-state index contributed by atoms with van der Waals surface area (Å²) in [4.78, 5) is 31.4. The summed E-state index contributed by atoms with van der Waals surface area (Å²) in [5, 5.41) is 2.98. The molecule has 1 aromatic carbocycles. The van der Waals surface area contributed by atoms with Gasteiger partial charge >= 0.3 is 0 Å². The van der Waals surface area contributed by atoms with Gasteiger partial charge in [0.2, 0.25) is 0 Å². The molecule has 1 aromatic heterocycles. The third-order valence-corrected chi connectivity index (χ3v) is 4.66. The molecule has 2 aromatic rings. The number of morpholine rings is 1. The highest BCUT2D eigenvalue weighted by atomic mass is 16.5. The van der Waals surface area contributed by atoms with Crippen LogP contribution in [0.3, 0.4) is 0 Å². The Balaban J connectivity index is 1.81. The summed E-state index contributed by atoms with van der Waals surface area (Å²) in [5.74, 6) is -0.211. The van der Waals surface area contributed by atoms with E-state index < -0.39 is 0 Å². The summed E-state index contributed by atoms with van der Waals surface area (Å²) < 4.78 is 5.28. The molecule has 27 heavy (non-hydrogen) atoms. The zero-order valence-corrected chi connectivity index (χ0v) is 16.0. The van der Waals surface area contributed by atoms with Crippen molar-refractivity contribution in [2.45, 2.75) is 26.7 Å². The van der Waals surface area contributed by atoms with Gasteiger partial charge in [-0.1, -0.05) is 38.1 Å². The first-order chi connectivity index (χ1) is 13.0. The van der Waals surface area contributed by atoms with Crippen LogP contribution in [0.25, 0.3) is 0 Å². The maximum absolute atomic E-state index is 12.8. The Morgan fingerprint density at radius 3 is 2.44 bits per heavy atom. The lowest BCUT2D eigenvalue weighted by atomic mass is 9.98. The second-order valence-electron chi connectivity index (χ2n) is 6.96. The van der Waals surface area contributed by atoms with Crippen molar-refractivity contribution in [1.82, 2.24) is 9.88 Å². The molecule has 2 heterocycles. The fourth-order valence-corrected chi connectivity index (χ4v) is 3.13. The van der Waals surface area contributed by atoms with E-state index in [9.17, 15) is 9.59 Å². The minimum atomic E-state index is -0.317. The molecule has 1 fully saturated rings. The molecular weight excluding hydrogens is 342 g/mol. The summed E-state index contributed by atoms with van der Waals surface area (Å²) >= 11 is 0. The van der Waals surface area contributed by atoms with Crippen molar-refractivity contribution < 1.29 is 14.3 Å². The van der Waals surface area contributed by atoms with Crippen LogP contribution in [0.5, 0.6) is 0 Å². The number of hydrogen-bond donors (Lipinski definition) is 1. The van der Waals surface area contributed by atoms with E-state index in [0.29, 0.717) is 26.3 Å². The number of amides is 2. The SMILES string of the molecule is Cc1cccc(C(C)C)c1NC(=O)c1cccc(C(=O)N2CCOCC2)n1. The fraction of sp³-hybridized carbons (Fsp3) is 0.381. The average Bonchev–Trinajstić information content (AvgIpc) is 2.69. The number of aromatic nitrogens is 1. The van der Waals surface area contributed by atoms with E-state index in [1.54, 1.807) is 23.1 Å². The van der Waals surface area contributed by atoms with Crippen LogP contribution in [0.2, 0.25) is 0 Å². The summed E-state index contributed by atoms with van der Waals surface area (Å²) in [7, 11) is 0. The van der Waals surface area contributed by atoms with Gasteiger partial charge < -0.3 is 15.0 Å². The maximum Gasteiger partial charge on any atom is 0.274 e. The Bertz CT molecular complexity index is 842. The van der Waals surface area contributed by atoms with Crippen LogP contribution in [0.15, 0.2) is 36.4 Å². The van der Waals surface area contributed by atoms with Gasteiger partial charge in [0.25, 0.3) is 11.8 Å². The average molecular weight is 367 g/mol. The molecule has 0 atom stereocenters. The number of ether oxygens (including phenoxy) is 1. The van der Waals surface area contributed by atoms with E-state index in [1.807, 2.05) is 25.1 Å². The predicted octanol–water partition coefficient (Wildman–Crippen LogP) is 3.24. The summed E-state index contributed by atoms with van der Waals surface area (Å²) in [6, 6.07) is 10.9. The minimum Gasteiger partial charge on any atom is -0.378 e. The van der Waals surface area contributed by atoms with Crippen LogP contribution in [0.4, 0.5) is 5.69 Å². The monoisotopic (exact) mass is 367 g/mol. The maximum atomic E-state index is 12.8. The van der Waals surface area contributed by atoms with E-state index in [0.717, 1.165) is 16.8 Å². The normalized spacial score (nSPS) is 14.3. The third kappa shape index (κ3) is 4.34. The largest absolute Gasteiger partial charge is 0.378 e. The Morgan fingerprint density at radius 1 is 1.07 bits per heavy atom. The molecule has 0 aliphatic carbocycles. The molecule has 0 saturated carbocycles. The molecule has 1 aliphatic rings. The van der Waals surface area contributed by atoms with Crippen molar-refractivity contribution in [3.05, 3.63) is 58.9 Å². The number of nitrogens with zero attached hydrogens (tertiary/aromatic N) is 2. The Hall–Kier alpha value is -2.73. The molecule has 0 unspecified atom stereocenters. The molecule has 6 heteroatoms. The van der Waals surface area contributed by atoms with E-state index in [1.165, 1.54) is 0 Å². The van der Waals surface area contributed by atoms with Crippen molar-refractivity contribution in [3.63, 3.8) is 0 Å². The second-order valence-corrected chi connectivity index (χ2v) is 6.96. The van der Waals surface area contributed by atoms with E-state index in [4.69, 9.17) is 4.74 Å². The summed E-state index contributed by atoms with van der Waals surface area (Å²) in [6.45, 7) is 8.27. The first-order valence-corrected chi connectivity index (χ1v) is 9.22. The molecule has 1 N–H and O–H groups in total. The molecule has 1 aliphatic heterocycles. The van der Waals surface area contributed by atoms with Crippen LogP contribution in [-0.4, -0.2) is 48.0 Å². The van der Waals surface area contributed by atoms with Gasteiger partial charge in [-0.3, -0.25) is 9.59 Å². The van der Waals surface area contributed by atoms with Crippen molar-refractivity contribution in [3.8, 4) is 0 Å². The zero-order chi connectivity index (χ0) is 19.4. The van der Waals surface area contributed by atoms with Crippen molar-refractivity contribution in [2.24, 2.45) is 0 Å². The third-order valence-electron chi connectivity index (χ3n) is 4.66.